The first-order chi connectivity index (χ1) is 11.1. The molecule has 0 spiro atoms. The van der Waals surface area contributed by atoms with E-state index in [1.54, 1.807) is 36.4 Å². The summed E-state index contributed by atoms with van der Waals surface area (Å²) in [4.78, 5) is 12.4. The number of carbonyl (C=O) groups excluding carboxylic acids is 1. The highest BCUT2D eigenvalue weighted by atomic mass is 16.5. The summed E-state index contributed by atoms with van der Waals surface area (Å²) in [5.74, 6) is 1.50. The lowest BCUT2D eigenvalue weighted by atomic mass is 10.1. The summed E-state index contributed by atoms with van der Waals surface area (Å²) >= 11 is 0. The summed E-state index contributed by atoms with van der Waals surface area (Å²) in [6.07, 6.45) is 0. The van der Waals surface area contributed by atoms with Crippen molar-refractivity contribution < 1.29 is 23.7 Å². The minimum Gasteiger partial charge on any atom is -0.493 e. The second-order valence-electron chi connectivity index (χ2n) is 4.66. The minimum atomic E-state index is -0.236. The Hall–Kier alpha value is -2.89. The Morgan fingerprint density at radius 1 is 0.913 bits per heavy atom. The van der Waals surface area contributed by atoms with Gasteiger partial charge >= 0.3 is 0 Å². The molecule has 0 radical (unpaired) electrons. The van der Waals surface area contributed by atoms with Gasteiger partial charge in [0.25, 0.3) is 0 Å². The normalized spacial score (nSPS) is 10.0. The van der Waals surface area contributed by atoms with Crippen LogP contribution >= 0.6 is 0 Å². The zero-order chi connectivity index (χ0) is 16.8. The van der Waals surface area contributed by atoms with Crippen molar-refractivity contribution in [2.75, 3.05) is 33.7 Å². The maximum Gasteiger partial charge on any atom is 0.204 e. The Bertz CT molecular complexity index is 682. The van der Waals surface area contributed by atoms with Gasteiger partial charge in [0.2, 0.25) is 11.5 Å². The first-order valence-electron chi connectivity index (χ1n) is 6.91. The number of hydrogen-bond donors (Lipinski definition) is 1. The first-order valence-corrected chi connectivity index (χ1v) is 6.91. The molecule has 0 aromatic heterocycles. The number of rotatable bonds is 7. The van der Waals surface area contributed by atoms with Crippen LogP contribution in [0.2, 0.25) is 0 Å². The van der Waals surface area contributed by atoms with E-state index in [0.717, 1.165) is 0 Å². The van der Waals surface area contributed by atoms with Crippen molar-refractivity contribution in [1.29, 1.82) is 0 Å². The molecule has 2 rings (SSSR count). The van der Waals surface area contributed by atoms with E-state index in [1.807, 2.05) is 0 Å². The summed E-state index contributed by atoms with van der Waals surface area (Å²) in [5, 5.41) is 0. The highest BCUT2D eigenvalue weighted by Gasteiger charge is 2.20. The van der Waals surface area contributed by atoms with Gasteiger partial charge in [-0.3, -0.25) is 4.79 Å². The molecule has 0 bridgehead atoms. The van der Waals surface area contributed by atoms with Crippen molar-refractivity contribution in [3.63, 3.8) is 0 Å². The van der Waals surface area contributed by atoms with E-state index in [-0.39, 0.29) is 12.4 Å². The van der Waals surface area contributed by atoms with Crippen LogP contribution in [-0.4, -0.2) is 33.7 Å². The third kappa shape index (κ3) is 3.66. The smallest absolute Gasteiger partial charge is 0.204 e. The zero-order valence-corrected chi connectivity index (χ0v) is 13.3. The van der Waals surface area contributed by atoms with Crippen LogP contribution in [0.25, 0.3) is 0 Å². The van der Waals surface area contributed by atoms with Crippen LogP contribution in [0.5, 0.6) is 23.0 Å². The fourth-order valence-electron chi connectivity index (χ4n) is 2.11. The van der Waals surface area contributed by atoms with Crippen molar-refractivity contribution in [2.45, 2.75) is 0 Å². The molecule has 2 aromatic carbocycles. The average molecular weight is 317 g/mol. The molecule has 0 unspecified atom stereocenters. The van der Waals surface area contributed by atoms with Crippen molar-refractivity contribution in [2.24, 2.45) is 0 Å². The van der Waals surface area contributed by atoms with Crippen LogP contribution in [0, 0.1) is 0 Å². The standard InChI is InChI=1S/C17H19NO5/c1-20-15-9-8-13(16(21-2)17(15)22-3)14(19)10-23-12-6-4-11(18)5-7-12/h4-9H,10,18H2,1-3H3. The number of nitrogens with two attached hydrogens (primary N) is 1. The van der Waals surface area contributed by atoms with Gasteiger partial charge in [0.05, 0.1) is 26.9 Å². The number of ketones is 1. The van der Waals surface area contributed by atoms with Gasteiger partial charge in [0, 0.05) is 5.69 Å². The van der Waals surface area contributed by atoms with Gasteiger partial charge in [0.1, 0.15) is 5.75 Å². The molecule has 6 heteroatoms. The quantitative estimate of drug-likeness (QED) is 0.624. The number of benzene rings is 2. The number of anilines is 1. The molecule has 0 aliphatic heterocycles. The van der Waals surface area contributed by atoms with E-state index < -0.39 is 0 Å². The lowest BCUT2D eigenvalue weighted by Crippen LogP contribution is -2.13. The fraction of sp³-hybridized carbons (Fsp3) is 0.235. The van der Waals surface area contributed by atoms with Gasteiger partial charge in [-0.25, -0.2) is 0 Å². The molecule has 0 atom stereocenters. The summed E-state index contributed by atoms with van der Waals surface area (Å²) in [7, 11) is 4.47. The number of nitrogen functional groups attached to an aromatic ring is 1. The number of Topliss-reactive ketones (excluding diaryl/α,β-unsaturated/α-hetero) is 1. The zero-order valence-electron chi connectivity index (χ0n) is 13.3. The molecule has 0 aliphatic rings. The predicted octanol–water partition coefficient (Wildman–Crippen LogP) is 2.56. The van der Waals surface area contributed by atoms with Crippen molar-refractivity contribution in [3.05, 3.63) is 42.0 Å². The molecule has 2 N–H and O–H groups in total. The molecule has 2 aromatic rings. The van der Waals surface area contributed by atoms with Gasteiger partial charge < -0.3 is 24.7 Å². The molecule has 0 heterocycles. The monoisotopic (exact) mass is 317 g/mol. The van der Waals surface area contributed by atoms with E-state index in [9.17, 15) is 4.79 Å². The van der Waals surface area contributed by atoms with Crippen molar-refractivity contribution in [3.8, 4) is 23.0 Å². The molecule has 0 saturated heterocycles. The first kappa shape index (κ1) is 16.5. The third-order valence-electron chi connectivity index (χ3n) is 3.25. The van der Waals surface area contributed by atoms with E-state index in [4.69, 9.17) is 24.7 Å². The van der Waals surface area contributed by atoms with E-state index >= 15 is 0 Å². The Balaban J connectivity index is 2.20. The summed E-state index contributed by atoms with van der Waals surface area (Å²) in [5.41, 5.74) is 6.60. The number of ether oxygens (including phenoxy) is 4. The van der Waals surface area contributed by atoms with Crippen LogP contribution in [0.15, 0.2) is 36.4 Å². The molecule has 122 valence electrons. The fourth-order valence-corrected chi connectivity index (χ4v) is 2.11. The molecule has 0 amide bonds. The summed E-state index contributed by atoms with van der Waals surface area (Å²) in [6, 6.07) is 10.1. The predicted molar refractivity (Wildman–Crippen MR) is 86.8 cm³/mol. The molecule has 0 saturated carbocycles. The highest BCUT2D eigenvalue weighted by Crippen LogP contribution is 2.39. The number of methoxy groups -OCH3 is 3. The largest absolute Gasteiger partial charge is 0.493 e. The number of carbonyl (C=O) groups is 1. The second kappa shape index (κ2) is 7.40. The van der Waals surface area contributed by atoms with Crippen molar-refractivity contribution >= 4 is 11.5 Å². The van der Waals surface area contributed by atoms with E-state index in [1.165, 1.54) is 21.3 Å². The van der Waals surface area contributed by atoms with Gasteiger partial charge in [-0.15, -0.1) is 0 Å². The molecule has 0 aliphatic carbocycles. The second-order valence-corrected chi connectivity index (χ2v) is 4.66. The van der Waals surface area contributed by atoms with Crippen LogP contribution in [0.4, 0.5) is 5.69 Å². The Morgan fingerprint density at radius 3 is 2.13 bits per heavy atom. The topological polar surface area (TPSA) is 80.0 Å². The van der Waals surface area contributed by atoms with Crippen LogP contribution in [0.3, 0.4) is 0 Å². The minimum absolute atomic E-state index is 0.129. The third-order valence-corrected chi connectivity index (χ3v) is 3.25. The van der Waals surface area contributed by atoms with Gasteiger partial charge in [-0.05, 0) is 36.4 Å². The van der Waals surface area contributed by atoms with Gasteiger partial charge in [0.15, 0.2) is 18.1 Å². The van der Waals surface area contributed by atoms with Gasteiger partial charge in [-0.2, -0.15) is 0 Å². The summed E-state index contributed by atoms with van der Waals surface area (Å²) < 4.78 is 21.2. The van der Waals surface area contributed by atoms with Crippen LogP contribution < -0.4 is 24.7 Å². The number of hydrogen-bond acceptors (Lipinski definition) is 6. The average Bonchev–Trinajstić information content (AvgIpc) is 2.59. The Kier molecular flexibility index (Phi) is 5.30. The molecule has 0 fully saturated rings. The van der Waals surface area contributed by atoms with Crippen LogP contribution in [-0.2, 0) is 0 Å². The molecular formula is C17H19NO5. The van der Waals surface area contributed by atoms with Gasteiger partial charge in [-0.1, -0.05) is 0 Å². The Morgan fingerprint density at radius 2 is 1.57 bits per heavy atom. The molecule has 6 nitrogen and oxygen atoms in total. The maximum absolute atomic E-state index is 12.4. The Labute approximate surface area is 134 Å². The molecular weight excluding hydrogens is 298 g/mol. The van der Waals surface area contributed by atoms with E-state index in [2.05, 4.69) is 0 Å². The van der Waals surface area contributed by atoms with E-state index in [0.29, 0.717) is 34.2 Å². The van der Waals surface area contributed by atoms with Crippen molar-refractivity contribution in [1.82, 2.24) is 0 Å². The summed E-state index contributed by atoms with van der Waals surface area (Å²) in [6.45, 7) is -0.129. The highest BCUT2D eigenvalue weighted by molar-refractivity contribution is 6.01. The lowest BCUT2D eigenvalue weighted by molar-refractivity contribution is 0.0917. The maximum atomic E-state index is 12.4. The SMILES string of the molecule is COc1ccc(C(=O)COc2ccc(N)cc2)c(OC)c1OC. The lowest BCUT2D eigenvalue weighted by Gasteiger charge is -2.15. The molecule has 23 heavy (non-hydrogen) atoms. The van der Waals surface area contributed by atoms with Crippen LogP contribution in [0.1, 0.15) is 10.4 Å².